The molecule has 0 aliphatic carbocycles. The van der Waals surface area contributed by atoms with Gasteiger partial charge >= 0.3 is 6.09 Å². The minimum Gasteiger partial charge on any atom is -0.445 e. The summed E-state index contributed by atoms with van der Waals surface area (Å²) >= 11 is 6.10. The molecule has 0 heterocycles. The number of rotatable bonds is 6. The normalized spacial score (nSPS) is 12.6. The number of oxime groups is 1. The molecule has 0 spiro atoms. The van der Waals surface area contributed by atoms with Crippen LogP contribution in [-0.2, 0) is 16.2 Å². The van der Waals surface area contributed by atoms with E-state index in [-0.39, 0.29) is 12.7 Å². The van der Waals surface area contributed by atoms with Crippen LogP contribution in [0.5, 0.6) is 0 Å². The van der Waals surface area contributed by atoms with E-state index in [1.54, 1.807) is 12.1 Å². The van der Waals surface area contributed by atoms with Crippen molar-refractivity contribution in [3.63, 3.8) is 0 Å². The average molecular weight is 361 g/mol. The monoisotopic (exact) mass is 360 g/mol. The van der Waals surface area contributed by atoms with Crippen molar-refractivity contribution in [3.05, 3.63) is 69.7 Å². The molecule has 1 unspecified atom stereocenters. The van der Waals surface area contributed by atoms with Crippen LogP contribution in [0.1, 0.15) is 42.2 Å². The Morgan fingerprint density at radius 2 is 2.04 bits per heavy atom. The molecule has 0 saturated heterocycles. The third-order valence-corrected chi connectivity index (χ3v) is 4.06. The highest BCUT2D eigenvalue weighted by molar-refractivity contribution is 6.31. The quantitative estimate of drug-likeness (QED) is 0.597. The predicted octanol–water partition coefficient (Wildman–Crippen LogP) is 4.75. The molecule has 2 aromatic carbocycles. The Labute approximate surface area is 152 Å². The van der Waals surface area contributed by atoms with Crippen molar-refractivity contribution < 1.29 is 14.4 Å². The first-order chi connectivity index (χ1) is 11.9. The molecule has 1 amide bonds. The van der Waals surface area contributed by atoms with Gasteiger partial charge in [-0.3, -0.25) is 0 Å². The summed E-state index contributed by atoms with van der Waals surface area (Å²) in [5, 5.41) is 4.70. The van der Waals surface area contributed by atoms with Crippen LogP contribution < -0.4 is 5.73 Å². The van der Waals surface area contributed by atoms with Crippen molar-refractivity contribution in [1.29, 1.82) is 0 Å². The van der Waals surface area contributed by atoms with Crippen molar-refractivity contribution in [2.45, 2.75) is 33.5 Å². The van der Waals surface area contributed by atoms with Gasteiger partial charge in [-0.1, -0.05) is 52.7 Å². The lowest BCUT2D eigenvalue weighted by atomic mass is 10.1. The molecular formula is C19H21ClN2O3. The molecule has 0 radical (unpaired) electrons. The van der Waals surface area contributed by atoms with Gasteiger partial charge in [0.05, 0.1) is 5.71 Å². The maximum atomic E-state index is 10.8. The van der Waals surface area contributed by atoms with Gasteiger partial charge in [-0.05, 0) is 44.0 Å². The topological polar surface area (TPSA) is 73.9 Å². The van der Waals surface area contributed by atoms with Crippen molar-refractivity contribution in [2.75, 3.05) is 0 Å². The SMILES string of the molecule is CC(=NOC(C)c1cccc(C)c1)c1ccc(Cl)c(COC(N)=O)c1. The molecule has 5 nitrogen and oxygen atoms in total. The number of aryl methyl sites for hydroxylation is 1. The van der Waals surface area contributed by atoms with Gasteiger partial charge in [0.15, 0.2) is 0 Å². The summed E-state index contributed by atoms with van der Waals surface area (Å²) < 4.78 is 4.79. The lowest BCUT2D eigenvalue weighted by Gasteiger charge is -2.12. The van der Waals surface area contributed by atoms with Crippen LogP contribution in [0.25, 0.3) is 0 Å². The maximum absolute atomic E-state index is 10.8. The first-order valence-corrected chi connectivity index (χ1v) is 8.22. The van der Waals surface area contributed by atoms with Gasteiger partial charge in [0, 0.05) is 10.6 Å². The molecule has 0 aliphatic rings. The molecule has 0 fully saturated rings. The number of benzene rings is 2. The first-order valence-electron chi connectivity index (χ1n) is 7.85. The largest absolute Gasteiger partial charge is 0.445 e. The number of nitrogens with zero attached hydrogens (tertiary/aromatic N) is 1. The van der Waals surface area contributed by atoms with Crippen LogP contribution in [0.4, 0.5) is 4.79 Å². The van der Waals surface area contributed by atoms with Crippen LogP contribution in [-0.4, -0.2) is 11.8 Å². The number of ether oxygens (including phenoxy) is 1. The second-order valence-corrected chi connectivity index (χ2v) is 6.16. The van der Waals surface area contributed by atoms with Gasteiger partial charge < -0.3 is 15.3 Å². The Morgan fingerprint density at radius 3 is 2.72 bits per heavy atom. The zero-order valence-corrected chi connectivity index (χ0v) is 15.2. The van der Waals surface area contributed by atoms with Gasteiger partial charge in [0.1, 0.15) is 12.7 Å². The highest BCUT2D eigenvalue weighted by Gasteiger charge is 2.09. The second kappa shape index (κ2) is 8.53. The summed E-state index contributed by atoms with van der Waals surface area (Å²) in [6.45, 7) is 5.83. The highest BCUT2D eigenvalue weighted by atomic mass is 35.5. The van der Waals surface area contributed by atoms with Crippen LogP contribution >= 0.6 is 11.6 Å². The summed E-state index contributed by atoms with van der Waals surface area (Å²) in [6.07, 6.45) is -1.01. The van der Waals surface area contributed by atoms with E-state index in [0.717, 1.165) is 11.1 Å². The molecular weight excluding hydrogens is 340 g/mol. The number of carbonyl (C=O) groups excluding carboxylic acids is 1. The van der Waals surface area contributed by atoms with E-state index in [1.807, 2.05) is 45.0 Å². The molecule has 0 saturated carbocycles. The molecule has 132 valence electrons. The number of amides is 1. The van der Waals surface area contributed by atoms with E-state index in [1.165, 1.54) is 5.56 Å². The smallest absolute Gasteiger partial charge is 0.404 e. The van der Waals surface area contributed by atoms with Gasteiger partial charge in [-0.25, -0.2) is 4.79 Å². The van der Waals surface area contributed by atoms with E-state index in [2.05, 4.69) is 11.2 Å². The Morgan fingerprint density at radius 1 is 1.28 bits per heavy atom. The fourth-order valence-corrected chi connectivity index (χ4v) is 2.43. The third kappa shape index (κ3) is 5.50. The van der Waals surface area contributed by atoms with E-state index >= 15 is 0 Å². The molecule has 2 aromatic rings. The van der Waals surface area contributed by atoms with Crippen LogP contribution in [0, 0.1) is 6.92 Å². The summed E-state index contributed by atoms with van der Waals surface area (Å²) in [7, 11) is 0. The molecule has 0 aromatic heterocycles. The minimum absolute atomic E-state index is 0.00976. The van der Waals surface area contributed by atoms with Crippen LogP contribution in [0.15, 0.2) is 47.6 Å². The summed E-state index contributed by atoms with van der Waals surface area (Å²) in [4.78, 5) is 16.4. The third-order valence-electron chi connectivity index (χ3n) is 3.69. The standard InChI is InChI=1S/C19H21ClN2O3/c1-12-5-4-6-16(9-12)14(3)25-22-13(2)15-7-8-18(20)17(10-15)11-24-19(21)23/h4-10,14H,11H2,1-3H3,(H2,21,23). The predicted molar refractivity (Wildman–Crippen MR) is 98.7 cm³/mol. The second-order valence-electron chi connectivity index (χ2n) is 5.75. The Hall–Kier alpha value is -2.53. The van der Waals surface area contributed by atoms with E-state index in [0.29, 0.717) is 16.3 Å². The fraction of sp³-hybridized carbons (Fsp3) is 0.263. The molecule has 25 heavy (non-hydrogen) atoms. The fourth-order valence-electron chi connectivity index (χ4n) is 2.25. The molecule has 2 N–H and O–H groups in total. The zero-order chi connectivity index (χ0) is 18.4. The van der Waals surface area contributed by atoms with Gasteiger partial charge in [-0.15, -0.1) is 0 Å². The number of hydrogen-bond donors (Lipinski definition) is 1. The first kappa shape index (κ1) is 18.8. The van der Waals surface area contributed by atoms with Gasteiger partial charge in [-0.2, -0.15) is 0 Å². The number of halogens is 1. The minimum atomic E-state index is -0.845. The molecule has 2 rings (SSSR count). The molecule has 0 bridgehead atoms. The molecule has 6 heteroatoms. The van der Waals surface area contributed by atoms with Gasteiger partial charge in [0.25, 0.3) is 0 Å². The van der Waals surface area contributed by atoms with Crippen molar-refractivity contribution >= 4 is 23.4 Å². The molecule has 0 aliphatic heterocycles. The van der Waals surface area contributed by atoms with E-state index in [4.69, 9.17) is 26.9 Å². The van der Waals surface area contributed by atoms with Crippen molar-refractivity contribution in [3.8, 4) is 0 Å². The number of primary amides is 1. The van der Waals surface area contributed by atoms with Crippen molar-refractivity contribution in [1.82, 2.24) is 0 Å². The highest BCUT2D eigenvalue weighted by Crippen LogP contribution is 2.21. The van der Waals surface area contributed by atoms with Crippen molar-refractivity contribution in [2.24, 2.45) is 10.9 Å². The van der Waals surface area contributed by atoms with Gasteiger partial charge in [0.2, 0.25) is 0 Å². The average Bonchev–Trinajstić information content (AvgIpc) is 2.58. The number of hydrogen-bond acceptors (Lipinski definition) is 4. The summed E-state index contributed by atoms with van der Waals surface area (Å²) in [6, 6.07) is 13.4. The van der Waals surface area contributed by atoms with E-state index < -0.39 is 6.09 Å². The number of carbonyl (C=O) groups is 1. The van der Waals surface area contributed by atoms with Crippen LogP contribution in [0.3, 0.4) is 0 Å². The summed E-state index contributed by atoms with van der Waals surface area (Å²) in [5.74, 6) is 0. The summed E-state index contributed by atoms with van der Waals surface area (Å²) in [5.41, 5.74) is 9.38. The number of nitrogens with two attached hydrogens (primary N) is 1. The Balaban J connectivity index is 2.11. The maximum Gasteiger partial charge on any atom is 0.404 e. The lowest BCUT2D eigenvalue weighted by Crippen LogP contribution is -2.13. The van der Waals surface area contributed by atoms with E-state index in [9.17, 15) is 4.79 Å². The van der Waals surface area contributed by atoms with Crippen LogP contribution in [0.2, 0.25) is 5.02 Å². The Kier molecular flexibility index (Phi) is 6.42. The Bertz CT molecular complexity index is 790. The molecule has 1 atom stereocenters. The zero-order valence-electron chi connectivity index (χ0n) is 14.5. The lowest BCUT2D eigenvalue weighted by molar-refractivity contribution is 0.0723.